The van der Waals surface area contributed by atoms with Gasteiger partial charge in [-0.2, -0.15) is 0 Å². The molecule has 2 aromatic carbocycles. The molecule has 9 heteroatoms. The molecule has 1 fully saturated rings. The third-order valence-corrected chi connectivity index (χ3v) is 4.78. The topological polar surface area (TPSA) is 86.3 Å². The van der Waals surface area contributed by atoms with Crippen LogP contribution < -0.4 is 19.5 Å². The van der Waals surface area contributed by atoms with Crippen LogP contribution >= 0.6 is 0 Å². The fourth-order valence-corrected chi connectivity index (χ4v) is 3.28. The molecule has 160 valence electrons. The highest BCUT2D eigenvalue weighted by Gasteiger charge is 2.42. The van der Waals surface area contributed by atoms with E-state index in [2.05, 4.69) is 5.32 Å². The van der Waals surface area contributed by atoms with Crippen LogP contribution in [-0.4, -0.2) is 56.9 Å². The lowest BCUT2D eigenvalue weighted by molar-refractivity contribution is -0.144. The first-order chi connectivity index (χ1) is 14.5. The monoisotopic (exact) mass is 418 g/mol. The van der Waals surface area contributed by atoms with E-state index in [4.69, 9.17) is 18.9 Å². The number of benzene rings is 2. The molecule has 30 heavy (non-hydrogen) atoms. The average molecular weight is 418 g/mol. The zero-order valence-electron chi connectivity index (χ0n) is 16.9. The first-order valence-electron chi connectivity index (χ1n) is 9.25. The van der Waals surface area contributed by atoms with Crippen LogP contribution in [0.15, 0.2) is 42.5 Å². The number of carbonyl (C=O) groups excluding carboxylic acids is 2. The molecule has 2 aromatic rings. The number of esters is 1. The molecule has 3 rings (SSSR count). The SMILES string of the molecule is COC(=O)[C@H]1C[C@H](Oc2ccccc2F)CN1C(=O)Nc1ccc(OC)cc1OC. The van der Waals surface area contributed by atoms with E-state index in [9.17, 15) is 14.0 Å². The number of methoxy groups -OCH3 is 3. The van der Waals surface area contributed by atoms with Crippen LogP contribution in [0, 0.1) is 5.82 Å². The summed E-state index contributed by atoms with van der Waals surface area (Å²) < 4.78 is 34.9. The Hall–Kier alpha value is -3.49. The van der Waals surface area contributed by atoms with Crippen LogP contribution in [0.3, 0.4) is 0 Å². The van der Waals surface area contributed by atoms with E-state index in [0.29, 0.717) is 17.2 Å². The van der Waals surface area contributed by atoms with Gasteiger partial charge in [0.05, 0.1) is 33.6 Å². The zero-order chi connectivity index (χ0) is 21.7. The van der Waals surface area contributed by atoms with E-state index < -0.39 is 30.0 Å². The first-order valence-corrected chi connectivity index (χ1v) is 9.25. The summed E-state index contributed by atoms with van der Waals surface area (Å²) in [6, 6.07) is 9.50. The Bertz CT molecular complexity index is 922. The summed E-state index contributed by atoms with van der Waals surface area (Å²) >= 11 is 0. The molecular formula is C21H23FN2O6. The molecule has 0 unspecified atom stereocenters. The standard InChI is InChI=1S/C21H23FN2O6/c1-27-13-8-9-16(19(11-13)28-2)23-21(26)24-12-14(10-17(24)20(25)29-3)30-18-7-5-4-6-15(18)22/h4-9,11,14,17H,10,12H2,1-3H3,(H,23,26)/t14-,17+/m0/s1. The Kier molecular flexibility index (Phi) is 6.61. The highest BCUT2D eigenvalue weighted by atomic mass is 19.1. The minimum absolute atomic E-state index is 0.0604. The number of nitrogens with one attached hydrogen (secondary N) is 1. The number of likely N-dealkylation sites (tertiary alicyclic amines) is 1. The highest BCUT2D eigenvalue weighted by Crippen LogP contribution is 2.31. The quantitative estimate of drug-likeness (QED) is 0.726. The molecule has 0 radical (unpaired) electrons. The number of urea groups is 1. The number of para-hydroxylation sites is 1. The third kappa shape index (κ3) is 4.56. The van der Waals surface area contributed by atoms with Crippen molar-refractivity contribution in [1.82, 2.24) is 4.90 Å². The number of rotatable bonds is 6. The zero-order valence-corrected chi connectivity index (χ0v) is 16.9. The second-order valence-corrected chi connectivity index (χ2v) is 6.59. The molecular weight excluding hydrogens is 395 g/mol. The maximum absolute atomic E-state index is 13.9. The highest BCUT2D eigenvalue weighted by molar-refractivity contribution is 5.94. The number of hydrogen-bond acceptors (Lipinski definition) is 6. The van der Waals surface area contributed by atoms with Crippen LogP contribution in [0.2, 0.25) is 0 Å². The van der Waals surface area contributed by atoms with E-state index in [1.54, 1.807) is 30.3 Å². The fraction of sp³-hybridized carbons (Fsp3) is 0.333. The van der Waals surface area contributed by atoms with Crippen molar-refractivity contribution in [2.45, 2.75) is 18.6 Å². The molecule has 0 spiro atoms. The van der Waals surface area contributed by atoms with Crippen molar-refractivity contribution < 1.29 is 32.9 Å². The summed E-state index contributed by atoms with van der Waals surface area (Å²) in [4.78, 5) is 26.5. The van der Waals surface area contributed by atoms with Gasteiger partial charge < -0.3 is 29.2 Å². The molecule has 1 aliphatic rings. The Morgan fingerprint density at radius 3 is 2.50 bits per heavy atom. The summed E-state index contributed by atoms with van der Waals surface area (Å²) in [5.74, 6) is -0.0675. The number of ether oxygens (including phenoxy) is 4. The van der Waals surface area contributed by atoms with Crippen LogP contribution in [-0.2, 0) is 9.53 Å². The largest absolute Gasteiger partial charge is 0.497 e. The van der Waals surface area contributed by atoms with Crippen molar-refractivity contribution in [3.05, 3.63) is 48.3 Å². The van der Waals surface area contributed by atoms with E-state index in [1.807, 2.05) is 0 Å². The lowest BCUT2D eigenvalue weighted by Crippen LogP contribution is -2.43. The van der Waals surface area contributed by atoms with E-state index in [1.165, 1.54) is 38.4 Å². The summed E-state index contributed by atoms with van der Waals surface area (Å²) in [5.41, 5.74) is 0.408. The number of hydrogen-bond donors (Lipinski definition) is 1. The molecule has 1 N–H and O–H groups in total. The second-order valence-electron chi connectivity index (χ2n) is 6.59. The smallest absolute Gasteiger partial charge is 0.328 e. The minimum atomic E-state index is -0.865. The third-order valence-electron chi connectivity index (χ3n) is 4.78. The summed E-state index contributed by atoms with van der Waals surface area (Å²) in [5, 5.41) is 2.73. The normalized spacial score (nSPS) is 17.9. The van der Waals surface area contributed by atoms with Crippen LogP contribution in [0.25, 0.3) is 0 Å². The van der Waals surface area contributed by atoms with Crippen molar-refractivity contribution in [2.75, 3.05) is 33.2 Å². The van der Waals surface area contributed by atoms with E-state index in [-0.39, 0.29) is 18.7 Å². The van der Waals surface area contributed by atoms with Gasteiger partial charge in [0.1, 0.15) is 23.6 Å². The van der Waals surface area contributed by atoms with Gasteiger partial charge >= 0.3 is 12.0 Å². The maximum Gasteiger partial charge on any atom is 0.328 e. The molecule has 0 bridgehead atoms. The van der Waals surface area contributed by atoms with E-state index >= 15 is 0 Å². The van der Waals surface area contributed by atoms with Crippen LogP contribution in [0.5, 0.6) is 17.2 Å². The van der Waals surface area contributed by atoms with Gasteiger partial charge in [-0.25, -0.2) is 14.0 Å². The first kappa shape index (κ1) is 21.2. The number of carbonyl (C=O) groups is 2. The Morgan fingerprint density at radius 1 is 1.07 bits per heavy atom. The Morgan fingerprint density at radius 2 is 1.83 bits per heavy atom. The van der Waals surface area contributed by atoms with Gasteiger partial charge in [0.25, 0.3) is 0 Å². The van der Waals surface area contributed by atoms with Gasteiger partial charge in [-0.15, -0.1) is 0 Å². The van der Waals surface area contributed by atoms with Crippen molar-refractivity contribution in [3.8, 4) is 17.2 Å². The van der Waals surface area contributed by atoms with Crippen molar-refractivity contribution in [1.29, 1.82) is 0 Å². The van der Waals surface area contributed by atoms with Gasteiger partial charge in [-0.1, -0.05) is 12.1 Å². The molecule has 8 nitrogen and oxygen atoms in total. The summed E-state index contributed by atoms with van der Waals surface area (Å²) in [6.07, 6.45) is -0.400. The van der Waals surface area contributed by atoms with Gasteiger partial charge in [0, 0.05) is 12.5 Å². The predicted octanol–water partition coefficient (Wildman–Crippen LogP) is 3.07. The Labute approximate surface area is 173 Å². The van der Waals surface area contributed by atoms with Gasteiger partial charge in [0.15, 0.2) is 11.6 Å². The van der Waals surface area contributed by atoms with Gasteiger partial charge in [0.2, 0.25) is 0 Å². The molecule has 2 atom stereocenters. The lowest BCUT2D eigenvalue weighted by atomic mass is 10.2. The second kappa shape index (κ2) is 9.34. The van der Waals surface area contributed by atoms with Gasteiger partial charge in [-0.05, 0) is 24.3 Å². The molecule has 1 heterocycles. The molecule has 0 aromatic heterocycles. The number of nitrogens with zero attached hydrogens (tertiary/aromatic N) is 1. The molecule has 0 aliphatic carbocycles. The number of amides is 2. The number of halogens is 1. The van der Waals surface area contributed by atoms with Crippen molar-refractivity contribution in [2.24, 2.45) is 0 Å². The summed E-state index contributed by atoms with van der Waals surface area (Å²) in [7, 11) is 4.24. The number of anilines is 1. The average Bonchev–Trinajstić information content (AvgIpc) is 3.19. The lowest BCUT2D eigenvalue weighted by Gasteiger charge is -2.23. The van der Waals surface area contributed by atoms with E-state index in [0.717, 1.165) is 0 Å². The van der Waals surface area contributed by atoms with Crippen molar-refractivity contribution >= 4 is 17.7 Å². The molecule has 1 aliphatic heterocycles. The maximum atomic E-state index is 13.9. The molecule has 1 saturated heterocycles. The van der Waals surface area contributed by atoms with Gasteiger partial charge in [-0.3, -0.25) is 0 Å². The van der Waals surface area contributed by atoms with Crippen LogP contribution in [0.4, 0.5) is 14.9 Å². The van der Waals surface area contributed by atoms with Crippen LogP contribution in [0.1, 0.15) is 6.42 Å². The minimum Gasteiger partial charge on any atom is -0.497 e. The molecule has 2 amide bonds. The Balaban J connectivity index is 1.77. The fourth-order valence-electron chi connectivity index (χ4n) is 3.28. The molecule has 0 saturated carbocycles. The predicted molar refractivity (Wildman–Crippen MR) is 107 cm³/mol. The summed E-state index contributed by atoms with van der Waals surface area (Å²) in [6.45, 7) is 0.0818. The van der Waals surface area contributed by atoms with Crippen molar-refractivity contribution in [3.63, 3.8) is 0 Å².